The Morgan fingerprint density at radius 3 is 2.30 bits per heavy atom. The number of aliphatic hydroxyl groups excluding tert-OH is 1. The number of aliphatic hydroxyl groups is 1. The van der Waals surface area contributed by atoms with Crippen LogP contribution < -0.4 is 10.6 Å². The van der Waals surface area contributed by atoms with Crippen molar-refractivity contribution in [2.45, 2.75) is 59.2 Å². The number of aryl methyl sites for hydroxylation is 3. The maximum Gasteiger partial charge on any atom is 0.408 e. The number of amides is 3. The van der Waals surface area contributed by atoms with Gasteiger partial charge in [-0.1, -0.05) is 41.9 Å². The van der Waals surface area contributed by atoms with Gasteiger partial charge in [0, 0.05) is 12.3 Å². The van der Waals surface area contributed by atoms with Gasteiger partial charge in [0.25, 0.3) is 5.91 Å². The van der Waals surface area contributed by atoms with Gasteiger partial charge in [0.15, 0.2) is 0 Å². The highest BCUT2D eigenvalue weighted by atomic mass is 35.5. The van der Waals surface area contributed by atoms with Crippen molar-refractivity contribution in [1.82, 2.24) is 10.2 Å². The molecule has 2 aromatic carbocycles. The third kappa shape index (κ3) is 8.38. The van der Waals surface area contributed by atoms with Gasteiger partial charge in [-0.05, 0) is 69.9 Å². The lowest BCUT2D eigenvalue weighted by Crippen LogP contribution is -2.53. The van der Waals surface area contributed by atoms with Crippen LogP contribution in [0, 0.1) is 20.8 Å². The Morgan fingerprint density at radius 1 is 1.08 bits per heavy atom. The van der Waals surface area contributed by atoms with E-state index in [9.17, 15) is 19.5 Å². The number of alkyl carbamates (subject to hydrolysis) is 1. The fraction of sp³-hybridized carbons (Fsp3) is 0.444. The molecule has 8 nitrogen and oxygen atoms in total. The molecular weight excluding hydrogens is 514 g/mol. The largest absolute Gasteiger partial charge is 0.444 e. The van der Waals surface area contributed by atoms with E-state index in [4.69, 9.17) is 16.3 Å². The number of benzene rings is 2. The first-order chi connectivity index (χ1) is 17.3. The second-order valence-corrected chi connectivity index (χ2v) is 10.6. The average molecular weight is 550 g/mol. The van der Waals surface area contributed by atoms with Gasteiger partial charge in [0.05, 0.1) is 17.3 Å². The Morgan fingerprint density at radius 2 is 1.76 bits per heavy atom. The summed E-state index contributed by atoms with van der Waals surface area (Å²) in [6, 6.07) is 8.47. The van der Waals surface area contributed by atoms with Crippen LogP contribution in [0.4, 0.5) is 10.5 Å². The van der Waals surface area contributed by atoms with E-state index in [-0.39, 0.29) is 12.3 Å². The van der Waals surface area contributed by atoms with Crippen molar-refractivity contribution in [1.29, 1.82) is 0 Å². The van der Waals surface area contributed by atoms with Gasteiger partial charge in [0.2, 0.25) is 5.91 Å². The van der Waals surface area contributed by atoms with Crippen LogP contribution in [0.1, 0.15) is 49.1 Å². The molecule has 0 radical (unpaired) electrons. The zero-order chi connectivity index (χ0) is 27.9. The van der Waals surface area contributed by atoms with Crippen LogP contribution in [0.15, 0.2) is 36.4 Å². The van der Waals surface area contributed by atoms with Gasteiger partial charge < -0.3 is 25.4 Å². The maximum absolute atomic E-state index is 13.8. The zero-order valence-corrected chi connectivity index (χ0v) is 23.7. The topological polar surface area (TPSA) is 108 Å². The number of nitrogens with one attached hydrogen (secondary N) is 2. The highest BCUT2D eigenvalue weighted by Crippen LogP contribution is 2.30. The van der Waals surface area contributed by atoms with Crippen molar-refractivity contribution in [3.8, 4) is 0 Å². The van der Waals surface area contributed by atoms with Crippen LogP contribution in [-0.4, -0.2) is 58.5 Å². The third-order valence-electron chi connectivity index (χ3n) is 5.67. The second-order valence-electron chi connectivity index (χ2n) is 9.80. The van der Waals surface area contributed by atoms with Crippen LogP contribution in [0.5, 0.6) is 0 Å². The van der Waals surface area contributed by atoms with E-state index < -0.39 is 42.2 Å². The number of nitrogens with zero attached hydrogens (tertiary/aromatic N) is 1. The summed E-state index contributed by atoms with van der Waals surface area (Å²) in [7, 11) is 0. The van der Waals surface area contributed by atoms with E-state index in [1.165, 1.54) is 4.90 Å². The highest BCUT2D eigenvalue weighted by Gasteiger charge is 2.36. The molecule has 3 amide bonds. The summed E-state index contributed by atoms with van der Waals surface area (Å²) >= 11 is 10.6. The predicted molar refractivity (Wildman–Crippen MR) is 149 cm³/mol. The SMILES string of the molecule is Cc1ccc(C(C(=O)Nc2c(C)cccc2Cl)N(CCO)C(=O)C(CS)NC(=O)OC(C)(C)C)cc1C. The van der Waals surface area contributed by atoms with Gasteiger partial charge >= 0.3 is 6.09 Å². The van der Waals surface area contributed by atoms with Crippen molar-refractivity contribution in [2.24, 2.45) is 0 Å². The molecule has 0 aliphatic heterocycles. The average Bonchev–Trinajstić information content (AvgIpc) is 2.80. The molecule has 0 aromatic heterocycles. The number of ether oxygens (including phenoxy) is 1. The Hall–Kier alpha value is -2.75. The lowest BCUT2D eigenvalue weighted by atomic mass is 9.98. The zero-order valence-electron chi connectivity index (χ0n) is 22.1. The normalized spacial score (nSPS) is 12.9. The van der Waals surface area contributed by atoms with E-state index in [0.29, 0.717) is 16.3 Å². The van der Waals surface area contributed by atoms with Gasteiger partial charge in [0.1, 0.15) is 17.7 Å². The molecule has 37 heavy (non-hydrogen) atoms. The molecule has 202 valence electrons. The summed E-state index contributed by atoms with van der Waals surface area (Å²) in [5.74, 6) is -1.16. The molecule has 2 unspecified atom stereocenters. The van der Waals surface area contributed by atoms with Crippen molar-refractivity contribution in [3.05, 3.63) is 63.7 Å². The maximum atomic E-state index is 13.8. The van der Waals surface area contributed by atoms with Crippen LogP contribution in [0.3, 0.4) is 0 Å². The lowest BCUT2D eigenvalue weighted by molar-refractivity contribution is -0.140. The minimum atomic E-state index is -1.13. The first-order valence-corrected chi connectivity index (χ1v) is 12.9. The fourth-order valence-corrected chi connectivity index (χ4v) is 4.22. The van der Waals surface area contributed by atoms with Gasteiger partial charge in [-0.25, -0.2) is 4.79 Å². The van der Waals surface area contributed by atoms with Crippen LogP contribution in [0.25, 0.3) is 0 Å². The molecule has 2 aromatic rings. The molecule has 3 N–H and O–H groups in total. The molecule has 0 fully saturated rings. The minimum absolute atomic E-state index is 0.0507. The number of carbonyl (C=O) groups excluding carboxylic acids is 3. The van der Waals surface area contributed by atoms with E-state index >= 15 is 0 Å². The van der Waals surface area contributed by atoms with Crippen molar-refractivity contribution >= 4 is 47.8 Å². The van der Waals surface area contributed by atoms with Crippen LogP contribution in [0.2, 0.25) is 5.02 Å². The Labute approximate surface area is 229 Å². The van der Waals surface area contributed by atoms with E-state index in [1.807, 2.05) is 39.0 Å². The molecule has 0 spiro atoms. The quantitative estimate of drug-likeness (QED) is 0.342. The molecule has 0 saturated carbocycles. The molecular formula is C27H36ClN3O5S. The van der Waals surface area contributed by atoms with Crippen molar-refractivity contribution in [2.75, 3.05) is 24.2 Å². The fourth-order valence-electron chi connectivity index (χ4n) is 3.70. The van der Waals surface area contributed by atoms with E-state index in [1.54, 1.807) is 39.0 Å². The van der Waals surface area contributed by atoms with Crippen LogP contribution >= 0.6 is 24.2 Å². The Balaban J connectivity index is 2.52. The number of hydrogen-bond acceptors (Lipinski definition) is 6. The summed E-state index contributed by atoms with van der Waals surface area (Å²) in [4.78, 5) is 41.1. The summed E-state index contributed by atoms with van der Waals surface area (Å²) in [6.07, 6.45) is -0.789. The molecule has 0 saturated heterocycles. The molecule has 2 rings (SSSR count). The van der Waals surface area contributed by atoms with Crippen molar-refractivity contribution < 1.29 is 24.2 Å². The van der Waals surface area contributed by atoms with Gasteiger partial charge in [-0.15, -0.1) is 0 Å². The number of hydrogen-bond donors (Lipinski definition) is 4. The van der Waals surface area contributed by atoms with E-state index in [2.05, 4.69) is 23.3 Å². The summed E-state index contributed by atoms with van der Waals surface area (Å²) < 4.78 is 5.29. The molecule has 10 heteroatoms. The van der Waals surface area contributed by atoms with Crippen LogP contribution in [-0.2, 0) is 14.3 Å². The monoisotopic (exact) mass is 549 g/mol. The number of anilines is 1. The molecule has 0 heterocycles. The first kappa shape index (κ1) is 30.5. The van der Waals surface area contributed by atoms with Gasteiger partial charge in [-0.2, -0.15) is 12.6 Å². The third-order valence-corrected chi connectivity index (χ3v) is 6.35. The molecule has 2 atom stereocenters. The predicted octanol–water partition coefficient (Wildman–Crippen LogP) is 4.59. The number of carbonyl (C=O) groups is 3. The number of rotatable bonds is 9. The highest BCUT2D eigenvalue weighted by molar-refractivity contribution is 7.80. The smallest absolute Gasteiger partial charge is 0.408 e. The Kier molecular flexibility index (Phi) is 10.8. The number of thiol groups is 1. The lowest BCUT2D eigenvalue weighted by Gasteiger charge is -2.34. The minimum Gasteiger partial charge on any atom is -0.444 e. The standard InChI is InChI=1S/C27H36ClN3O5S/c1-16-10-11-19(14-18(16)3)23(24(33)30-22-17(2)8-7-9-20(22)28)31(12-13-32)25(34)21(15-37)29-26(35)36-27(4,5)6/h7-11,14,21,23,32,37H,12-13,15H2,1-6H3,(H,29,35)(H,30,33). The summed E-state index contributed by atoms with van der Waals surface area (Å²) in [5, 5.41) is 15.6. The molecule has 0 aliphatic carbocycles. The summed E-state index contributed by atoms with van der Waals surface area (Å²) in [6.45, 7) is 10.2. The number of halogens is 1. The van der Waals surface area contributed by atoms with Crippen molar-refractivity contribution in [3.63, 3.8) is 0 Å². The Bertz CT molecular complexity index is 1120. The second kappa shape index (κ2) is 13.2. The molecule has 0 aliphatic rings. The number of para-hydroxylation sites is 1. The first-order valence-electron chi connectivity index (χ1n) is 11.9. The van der Waals surface area contributed by atoms with E-state index in [0.717, 1.165) is 16.7 Å². The summed E-state index contributed by atoms with van der Waals surface area (Å²) in [5.41, 5.74) is 2.90. The molecule has 0 bridgehead atoms. The van der Waals surface area contributed by atoms with Gasteiger partial charge in [-0.3, -0.25) is 9.59 Å².